The van der Waals surface area contributed by atoms with Crippen LogP contribution in [0, 0.1) is 11.8 Å². The van der Waals surface area contributed by atoms with Gasteiger partial charge in [-0.25, -0.2) is 0 Å². The molecule has 2 aromatic rings. The predicted octanol–water partition coefficient (Wildman–Crippen LogP) is -3.31. The molecule has 0 spiro atoms. The van der Waals surface area contributed by atoms with Crippen LogP contribution in [-0.4, -0.2) is 89.1 Å². The average molecular weight is 545 g/mol. The Bertz CT molecular complexity index is 1310. The summed E-state index contributed by atoms with van der Waals surface area (Å²) in [6, 6.07) is 11.5. The molecule has 5 rings (SSSR count). The summed E-state index contributed by atoms with van der Waals surface area (Å²) in [6.07, 6.45) is -0.864. The number of ether oxygens (including phenoxy) is 1. The van der Waals surface area contributed by atoms with E-state index in [1.165, 1.54) is 4.90 Å². The van der Waals surface area contributed by atoms with Gasteiger partial charge in [0.1, 0.15) is 12.4 Å². The topological polar surface area (TPSA) is 139 Å². The van der Waals surface area contributed by atoms with Gasteiger partial charge in [0.05, 0.1) is 36.3 Å². The largest absolute Gasteiger partial charge is 1.00 e. The van der Waals surface area contributed by atoms with E-state index in [1.54, 1.807) is 6.92 Å². The monoisotopic (exact) mass is 544 g/mol. The molecule has 2 fully saturated rings. The summed E-state index contributed by atoms with van der Waals surface area (Å²) in [6.45, 7) is 7.68. The van der Waals surface area contributed by atoms with Crippen molar-refractivity contribution in [2.45, 2.75) is 32.5 Å². The number of hydrogen-bond donors (Lipinski definition) is 2. The van der Waals surface area contributed by atoms with Crippen LogP contribution in [-0.2, 0) is 20.9 Å². The van der Waals surface area contributed by atoms with E-state index >= 15 is 0 Å². The molecule has 202 valence electrons. The Labute approximate surface area is 249 Å². The zero-order valence-electron chi connectivity index (χ0n) is 22.6. The van der Waals surface area contributed by atoms with Gasteiger partial charge < -0.3 is 30.4 Å². The minimum Gasteiger partial charge on any atom is -0.543 e. The number of carbonyl (C=O) groups excluding carboxylic acids is 3. The van der Waals surface area contributed by atoms with Gasteiger partial charge in [-0.15, -0.1) is 0 Å². The molecule has 39 heavy (non-hydrogen) atoms. The molecule has 0 aromatic heterocycles. The fourth-order valence-corrected chi connectivity index (χ4v) is 6.16. The summed E-state index contributed by atoms with van der Waals surface area (Å²) in [5.41, 5.74) is 6.83. The molecule has 0 unspecified atom stereocenters. The van der Waals surface area contributed by atoms with Crippen LogP contribution in [0.15, 0.2) is 47.7 Å². The maximum Gasteiger partial charge on any atom is 1.00 e. The number of primary amides is 1. The fraction of sp³-hybridized carbons (Fsp3) is 0.464. The van der Waals surface area contributed by atoms with Gasteiger partial charge in [0, 0.05) is 44.0 Å². The Hall–Kier alpha value is -2.47. The van der Waals surface area contributed by atoms with Crippen LogP contribution < -0.4 is 45.1 Å². The number of aliphatic hydroxyl groups is 1. The predicted molar refractivity (Wildman–Crippen MR) is 137 cm³/mol. The van der Waals surface area contributed by atoms with Gasteiger partial charge in [-0.1, -0.05) is 37.3 Å². The summed E-state index contributed by atoms with van der Waals surface area (Å²) in [5.74, 6) is -2.40. The third-order valence-corrected chi connectivity index (χ3v) is 8.10. The van der Waals surface area contributed by atoms with Crippen molar-refractivity contribution < 1.29 is 58.9 Å². The van der Waals surface area contributed by atoms with Crippen molar-refractivity contribution in [2.24, 2.45) is 17.6 Å². The number of carboxylic acid groups (broad SMARTS) is 1. The second-order valence-corrected chi connectivity index (χ2v) is 10.5. The van der Waals surface area contributed by atoms with Crippen molar-refractivity contribution in [1.29, 1.82) is 0 Å². The van der Waals surface area contributed by atoms with Gasteiger partial charge in [0.15, 0.2) is 0 Å². The Morgan fingerprint density at radius 2 is 1.74 bits per heavy atom. The van der Waals surface area contributed by atoms with E-state index in [-0.39, 0.29) is 60.2 Å². The first-order valence-corrected chi connectivity index (χ1v) is 13.0. The number of fused-ring (bicyclic) bond motifs is 2. The number of carbonyl (C=O) groups is 3. The molecule has 0 aliphatic carbocycles. The number of aliphatic hydroxyl groups excluding tert-OH is 1. The normalized spacial score (nSPS) is 24.2. The number of hydrogen-bond acceptors (Lipinski definition) is 8. The van der Waals surface area contributed by atoms with Gasteiger partial charge >= 0.3 is 29.6 Å². The molecule has 0 saturated carbocycles. The molecule has 3 aliphatic heterocycles. The van der Waals surface area contributed by atoms with Crippen molar-refractivity contribution in [1.82, 2.24) is 14.7 Å². The van der Waals surface area contributed by atoms with Gasteiger partial charge in [0.2, 0.25) is 11.8 Å². The minimum atomic E-state index is -1.41. The summed E-state index contributed by atoms with van der Waals surface area (Å²) < 4.78 is 6.19. The van der Waals surface area contributed by atoms with E-state index < -0.39 is 29.9 Å². The van der Waals surface area contributed by atoms with Gasteiger partial charge in [-0.05, 0) is 29.5 Å². The molecule has 0 bridgehead atoms. The molecule has 2 amide bonds. The molecule has 3 N–H and O–H groups in total. The van der Waals surface area contributed by atoms with Crippen molar-refractivity contribution in [3.8, 4) is 5.75 Å². The van der Waals surface area contributed by atoms with Crippen molar-refractivity contribution in [3.05, 3.63) is 53.2 Å². The molecule has 2 saturated heterocycles. The van der Waals surface area contributed by atoms with E-state index in [2.05, 4.69) is 15.9 Å². The number of rotatable bonds is 9. The minimum absolute atomic E-state index is 0. The fourth-order valence-electron chi connectivity index (χ4n) is 6.16. The van der Waals surface area contributed by atoms with Crippen LogP contribution in [0.1, 0.15) is 19.4 Å². The SMILES string of the molecule is C[C@@H](O)[C@H]1C(=O)N2C(C(=O)[O-])=C(COc3cccc4c(CN5CCN(CC(N)=O)CC5)cccc34)[C@H](C)[C@H]12.[Na+]. The number of nitrogens with zero attached hydrogens (tertiary/aromatic N) is 3. The van der Waals surface area contributed by atoms with Crippen molar-refractivity contribution in [3.63, 3.8) is 0 Å². The number of benzene rings is 2. The first kappa shape index (κ1) is 29.5. The Morgan fingerprint density at radius 3 is 2.38 bits per heavy atom. The molecule has 2 aromatic carbocycles. The summed E-state index contributed by atoms with van der Waals surface area (Å²) in [4.78, 5) is 41.4. The van der Waals surface area contributed by atoms with E-state index in [0.29, 0.717) is 11.3 Å². The average Bonchev–Trinajstić information content (AvgIpc) is 3.11. The third kappa shape index (κ3) is 5.59. The summed E-state index contributed by atoms with van der Waals surface area (Å²) in [5, 5.41) is 24.0. The second-order valence-electron chi connectivity index (χ2n) is 10.5. The number of piperazine rings is 1. The van der Waals surface area contributed by atoms with Crippen LogP contribution in [0.3, 0.4) is 0 Å². The Kier molecular flexibility index (Phi) is 9.05. The molecular formula is C28H33N4NaO6. The Morgan fingerprint density at radius 1 is 1.10 bits per heavy atom. The van der Waals surface area contributed by atoms with Gasteiger partial charge in [-0.2, -0.15) is 0 Å². The number of carboxylic acids is 1. The first-order valence-electron chi connectivity index (χ1n) is 13.0. The van der Waals surface area contributed by atoms with E-state index in [9.17, 15) is 24.6 Å². The summed E-state index contributed by atoms with van der Waals surface area (Å²) in [7, 11) is 0. The third-order valence-electron chi connectivity index (χ3n) is 8.10. The zero-order chi connectivity index (χ0) is 27.1. The van der Waals surface area contributed by atoms with E-state index in [0.717, 1.165) is 49.1 Å². The number of aliphatic carboxylic acids is 1. The van der Waals surface area contributed by atoms with Crippen LogP contribution in [0.2, 0.25) is 0 Å². The smallest absolute Gasteiger partial charge is 0.543 e. The molecule has 4 atom stereocenters. The van der Waals surface area contributed by atoms with Crippen molar-refractivity contribution >= 4 is 28.6 Å². The van der Waals surface area contributed by atoms with Crippen LogP contribution in [0.25, 0.3) is 10.8 Å². The summed E-state index contributed by atoms with van der Waals surface area (Å²) >= 11 is 0. The number of β-lactam (4-membered cyclic amide) rings is 1. The van der Waals surface area contributed by atoms with E-state index in [1.807, 2.05) is 37.3 Å². The molecule has 11 heteroatoms. The molecular weight excluding hydrogens is 511 g/mol. The van der Waals surface area contributed by atoms with Crippen LogP contribution >= 0.6 is 0 Å². The molecule has 3 heterocycles. The molecule has 0 radical (unpaired) electrons. The number of amides is 2. The van der Waals surface area contributed by atoms with Crippen molar-refractivity contribution in [2.75, 3.05) is 39.3 Å². The molecule has 10 nitrogen and oxygen atoms in total. The second kappa shape index (κ2) is 12.0. The van der Waals surface area contributed by atoms with Crippen LogP contribution in [0.4, 0.5) is 0 Å². The van der Waals surface area contributed by atoms with Gasteiger partial charge in [0.25, 0.3) is 0 Å². The maximum absolute atomic E-state index is 12.6. The Balaban J connectivity index is 0.00000353. The number of nitrogens with two attached hydrogens (primary N) is 1. The van der Waals surface area contributed by atoms with Gasteiger partial charge in [-0.3, -0.25) is 19.4 Å². The standard InChI is InChI=1S/C28H34N4O6.Na/c1-16-21(26(28(36)37)32-25(16)24(17(2)33)27(32)35)15-38-22-8-4-6-19-18(5-3-7-20(19)22)13-30-9-11-31(12-10-30)14-23(29)34;/h3-8,16-17,24-25,33H,9-15H2,1-2H3,(H2,29,34)(H,36,37);/q;+1/p-1/t16-,17+,24+,25+;/m0./s1. The zero-order valence-corrected chi connectivity index (χ0v) is 24.6. The van der Waals surface area contributed by atoms with Crippen LogP contribution in [0.5, 0.6) is 5.75 Å². The maximum atomic E-state index is 12.6. The first-order chi connectivity index (χ1) is 18.2. The quantitative estimate of drug-likeness (QED) is 0.247. The molecule has 3 aliphatic rings. The van der Waals surface area contributed by atoms with E-state index in [4.69, 9.17) is 10.5 Å².